The molecule has 0 unspecified atom stereocenters. The van der Waals surface area contributed by atoms with Gasteiger partial charge in [-0.1, -0.05) is 6.07 Å². The van der Waals surface area contributed by atoms with E-state index in [9.17, 15) is 0 Å². The fraction of sp³-hybridized carbons (Fsp3) is 0.333. The number of aliphatic hydroxyl groups is 1. The molecule has 1 saturated carbocycles. The Morgan fingerprint density at radius 2 is 2.32 bits per heavy atom. The number of nitrogens with zero attached hydrogens (tertiary/aromatic N) is 5. The molecular weight excluding hydrogens is 262 g/mol. The van der Waals surface area contributed by atoms with Gasteiger partial charge in [0.1, 0.15) is 6.07 Å². The SMILES string of the molecule is N#Cc1cc(CO)ccc1Sc1nnnn1C1CC1. The van der Waals surface area contributed by atoms with Crippen LogP contribution >= 0.6 is 11.8 Å². The summed E-state index contributed by atoms with van der Waals surface area (Å²) < 4.78 is 1.81. The van der Waals surface area contributed by atoms with Crippen LogP contribution in [0.4, 0.5) is 0 Å². The summed E-state index contributed by atoms with van der Waals surface area (Å²) in [7, 11) is 0. The summed E-state index contributed by atoms with van der Waals surface area (Å²) in [6, 6.07) is 7.85. The summed E-state index contributed by atoms with van der Waals surface area (Å²) in [4.78, 5) is 0.802. The highest BCUT2D eigenvalue weighted by atomic mass is 32.2. The molecule has 0 spiro atoms. The lowest BCUT2D eigenvalue weighted by molar-refractivity contribution is 0.281. The minimum absolute atomic E-state index is 0.0700. The van der Waals surface area contributed by atoms with Crippen molar-refractivity contribution in [2.45, 2.75) is 35.5 Å². The van der Waals surface area contributed by atoms with Crippen LogP contribution in [0.5, 0.6) is 0 Å². The molecule has 1 aliphatic rings. The minimum Gasteiger partial charge on any atom is -0.392 e. The van der Waals surface area contributed by atoms with Crippen LogP contribution in [-0.2, 0) is 6.61 Å². The van der Waals surface area contributed by atoms with Crippen LogP contribution in [0.3, 0.4) is 0 Å². The summed E-state index contributed by atoms with van der Waals surface area (Å²) in [5, 5.41) is 30.6. The Balaban J connectivity index is 1.90. The van der Waals surface area contributed by atoms with E-state index in [-0.39, 0.29) is 6.61 Å². The van der Waals surface area contributed by atoms with E-state index in [2.05, 4.69) is 21.6 Å². The lowest BCUT2D eigenvalue weighted by Crippen LogP contribution is -1.99. The molecule has 3 rings (SSSR count). The molecule has 19 heavy (non-hydrogen) atoms. The molecule has 6 nitrogen and oxygen atoms in total. The lowest BCUT2D eigenvalue weighted by atomic mass is 10.1. The Kier molecular flexibility index (Phi) is 3.19. The molecular formula is C12H11N5OS. The molecule has 7 heteroatoms. The first-order valence-corrected chi connectivity index (χ1v) is 6.73. The van der Waals surface area contributed by atoms with Gasteiger partial charge >= 0.3 is 0 Å². The normalized spacial score (nSPS) is 14.3. The van der Waals surface area contributed by atoms with Gasteiger partial charge in [-0.25, -0.2) is 4.68 Å². The lowest BCUT2D eigenvalue weighted by Gasteiger charge is -2.05. The van der Waals surface area contributed by atoms with Gasteiger partial charge in [0.15, 0.2) is 0 Å². The van der Waals surface area contributed by atoms with E-state index in [1.165, 1.54) is 11.8 Å². The van der Waals surface area contributed by atoms with Gasteiger partial charge in [-0.2, -0.15) is 5.26 Å². The van der Waals surface area contributed by atoms with Crippen LogP contribution < -0.4 is 0 Å². The minimum atomic E-state index is -0.0700. The van der Waals surface area contributed by atoms with E-state index in [4.69, 9.17) is 10.4 Å². The van der Waals surface area contributed by atoms with Crippen LogP contribution in [0.15, 0.2) is 28.3 Å². The van der Waals surface area contributed by atoms with Crippen molar-refractivity contribution in [2.75, 3.05) is 0 Å². The van der Waals surface area contributed by atoms with E-state index < -0.39 is 0 Å². The van der Waals surface area contributed by atoms with Gasteiger partial charge < -0.3 is 5.11 Å². The molecule has 96 valence electrons. The van der Waals surface area contributed by atoms with Gasteiger partial charge in [-0.3, -0.25) is 0 Å². The Morgan fingerprint density at radius 3 is 3.00 bits per heavy atom. The van der Waals surface area contributed by atoms with E-state index in [1.54, 1.807) is 12.1 Å². The average molecular weight is 273 g/mol. The molecule has 0 radical (unpaired) electrons. The zero-order valence-electron chi connectivity index (χ0n) is 10.0. The molecule has 0 aliphatic heterocycles. The van der Waals surface area contributed by atoms with E-state index >= 15 is 0 Å². The number of hydrogen-bond acceptors (Lipinski definition) is 6. The van der Waals surface area contributed by atoms with Crippen molar-refractivity contribution in [2.24, 2.45) is 0 Å². The van der Waals surface area contributed by atoms with Crippen LogP contribution in [0.2, 0.25) is 0 Å². The summed E-state index contributed by atoms with van der Waals surface area (Å²) in [5.74, 6) is 0. The smallest absolute Gasteiger partial charge is 0.214 e. The predicted octanol–water partition coefficient (Wildman–Crippen LogP) is 1.52. The molecule has 1 fully saturated rings. The maximum atomic E-state index is 9.15. The van der Waals surface area contributed by atoms with Crippen molar-refractivity contribution in [1.82, 2.24) is 20.2 Å². The van der Waals surface area contributed by atoms with Gasteiger partial charge in [-0.15, -0.1) is 5.10 Å². The van der Waals surface area contributed by atoms with Crippen molar-refractivity contribution >= 4 is 11.8 Å². The van der Waals surface area contributed by atoms with Crippen LogP contribution in [0.25, 0.3) is 0 Å². The first-order chi connectivity index (χ1) is 9.31. The Labute approximate surface area is 114 Å². The summed E-state index contributed by atoms with van der Waals surface area (Å²) in [6.45, 7) is -0.0700. The van der Waals surface area contributed by atoms with E-state index in [1.807, 2.05) is 10.7 Å². The van der Waals surface area contributed by atoms with Crippen molar-refractivity contribution in [3.05, 3.63) is 29.3 Å². The fourth-order valence-corrected chi connectivity index (χ4v) is 2.65. The number of rotatable bonds is 4. The predicted molar refractivity (Wildman–Crippen MR) is 67.3 cm³/mol. The Hall–Kier alpha value is -1.91. The number of nitriles is 1. The highest BCUT2D eigenvalue weighted by molar-refractivity contribution is 7.99. The molecule has 0 bridgehead atoms. The van der Waals surface area contributed by atoms with Gasteiger partial charge in [0.25, 0.3) is 0 Å². The third kappa shape index (κ3) is 2.45. The van der Waals surface area contributed by atoms with Crippen molar-refractivity contribution in [1.29, 1.82) is 5.26 Å². The highest BCUT2D eigenvalue weighted by Gasteiger charge is 2.28. The molecule has 1 aliphatic carbocycles. The van der Waals surface area contributed by atoms with E-state index in [0.717, 1.165) is 23.3 Å². The summed E-state index contributed by atoms with van der Waals surface area (Å²) >= 11 is 1.38. The van der Waals surface area contributed by atoms with Crippen LogP contribution in [0, 0.1) is 11.3 Å². The average Bonchev–Trinajstić information content (AvgIpc) is 3.19. The van der Waals surface area contributed by atoms with Gasteiger partial charge in [0, 0.05) is 4.90 Å². The third-order valence-corrected chi connectivity index (χ3v) is 3.93. The monoisotopic (exact) mass is 273 g/mol. The number of tetrazole rings is 1. The molecule has 1 heterocycles. The molecule has 1 aromatic carbocycles. The van der Waals surface area contributed by atoms with Crippen LogP contribution in [-0.4, -0.2) is 25.3 Å². The summed E-state index contributed by atoms with van der Waals surface area (Å²) in [6.07, 6.45) is 2.21. The molecule has 0 saturated heterocycles. The Bertz CT molecular complexity index is 644. The topological polar surface area (TPSA) is 87.6 Å². The number of benzene rings is 1. The zero-order valence-corrected chi connectivity index (χ0v) is 10.8. The fourth-order valence-electron chi connectivity index (χ4n) is 1.75. The molecule has 0 atom stereocenters. The molecule has 0 amide bonds. The quantitative estimate of drug-likeness (QED) is 0.908. The maximum absolute atomic E-state index is 9.15. The highest BCUT2D eigenvalue weighted by Crippen LogP contribution is 2.38. The second-order valence-electron chi connectivity index (χ2n) is 4.34. The van der Waals surface area contributed by atoms with Crippen LogP contribution in [0.1, 0.15) is 30.0 Å². The second-order valence-corrected chi connectivity index (χ2v) is 5.35. The standard InChI is InChI=1S/C12H11N5OS/c13-6-9-5-8(7-18)1-4-11(9)19-12-14-15-16-17(12)10-2-3-10/h1,4-5,10,18H,2-3,7H2. The van der Waals surface area contributed by atoms with Crippen molar-refractivity contribution in [3.63, 3.8) is 0 Å². The first kappa shape index (κ1) is 12.1. The van der Waals surface area contributed by atoms with Gasteiger partial charge in [0.05, 0.1) is 18.2 Å². The van der Waals surface area contributed by atoms with Crippen molar-refractivity contribution < 1.29 is 5.11 Å². The zero-order chi connectivity index (χ0) is 13.2. The second kappa shape index (κ2) is 4.99. The van der Waals surface area contributed by atoms with E-state index in [0.29, 0.717) is 16.8 Å². The largest absolute Gasteiger partial charge is 0.392 e. The third-order valence-electron chi connectivity index (χ3n) is 2.90. The molecule has 2 aromatic rings. The summed E-state index contributed by atoms with van der Waals surface area (Å²) in [5.41, 5.74) is 1.25. The van der Waals surface area contributed by atoms with Gasteiger partial charge in [0.2, 0.25) is 5.16 Å². The number of hydrogen-bond donors (Lipinski definition) is 1. The Morgan fingerprint density at radius 1 is 1.47 bits per heavy atom. The van der Waals surface area contributed by atoms with Gasteiger partial charge in [-0.05, 0) is 52.7 Å². The number of aromatic nitrogens is 4. The van der Waals surface area contributed by atoms with Crippen molar-refractivity contribution in [3.8, 4) is 6.07 Å². The maximum Gasteiger partial charge on any atom is 0.214 e. The number of aliphatic hydroxyl groups excluding tert-OH is 1. The molecule has 1 N–H and O–H groups in total. The first-order valence-electron chi connectivity index (χ1n) is 5.91. The molecule has 1 aromatic heterocycles.